The molecule has 5 heterocycles. The van der Waals surface area contributed by atoms with Gasteiger partial charge < -0.3 is 14.4 Å². The van der Waals surface area contributed by atoms with E-state index < -0.39 is 12.1 Å². The summed E-state index contributed by atoms with van der Waals surface area (Å²) in [4.78, 5) is 29.9. The molecule has 3 aromatic heterocycles. The molecule has 2 aliphatic rings. The van der Waals surface area contributed by atoms with E-state index in [9.17, 15) is 14.7 Å². The third-order valence-electron chi connectivity index (χ3n) is 5.86. The maximum Gasteiger partial charge on any atom is 0.340 e. The van der Waals surface area contributed by atoms with Gasteiger partial charge in [0.25, 0.3) is 5.56 Å². The first-order valence-corrected chi connectivity index (χ1v) is 9.55. The van der Waals surface area contributed by atoms with Gasteiger partial charge in [-0.2, -0.15) is 5.10 Å². The summed E-state index contributed by atoms with van der Waals surface area (Å²) >= 11 is 0. The van der Waals surface area contributed by atoms with Gasteiger partial charge in [0.2, 0.25) is 0 Å². The van der Waals surface area contributed by atoms with Gasteiger partial charge in [0.05, 0.1) is 35.2 Å². The van der Waals surface area contributed by atoms with Crippen LogP contribution >= 0.6 is 0 Å². The van der Waals surface area contributed by atoms with Crippen molar-refractivity contribution in [1.82, 2.24) is 19.3 Å². The molecule has 0 spiro atoms. The molecule has 1 atom stereocenters. The minimum Gasteiger partial charge on any atom is -0.458 e. The number of hydrogen-bond donors (Lipinski definition) is 1. The van der Waals surface area contributed by atoms with Crippen molar-refractivity contribution in [1.29, 1.82) is 0 Å². The van der Waals surface area contributed by atoms with Gasteiger partial charge in [-0.3, -0.25) is 9.48 Å². The van der Waals surface area contributed by atoms with Gasteiger partial charge in [0.15, 0.2) is 6.10 Å². The zero-order chi connectivity index (χ0) is 20.6. The third kappa shape index (κ3) is 2.19. The first kappa shape index (κ1) is 17.1. The second-order valence-corrected chi connectivity index (χ2v) is 7.60. The highest BCUT2D eigenvalue weighted by Crippen LogP contribution is 2.41. The van der Waals surface area contributed by atoms with Crippen LogP contribution in [0.5, 0.6) is 0 Å². The Morgan fingerprint density at radius 3 is 2.83 bits per heavy atom. The molecule has 2 aliphatic heterocycles. The summed E-state index contributed by atoms with van der Waals surface area (Å²) in [6.07, 6.45) is 2.28. The molecular weight excluding hydrogens is 384 g/mol. The molecule has 0 bridgehead atoms. The van der Waals surface area contributed by atoms with E-state index >= 15 is 0 Å². The van der Waals surface area contributed by atoms with Gasteiger partial charge in [-0.25, -0.2) is 9.78 Å². The fourth-order valence-electron chi connectivity index (χ4n) is 4.45. The molecule has 0 fully saturated rings. The van der Waals surface area contributed by atoms with E-state index in [4.69, 9.17) is 9.72 Å². The van der Waals surface area contributed by atoms with E-state index in [0.717, 1.165) is 27.6 Å². The zero-order valence-corrected chi connectivity index (χ0v) is 16.0. The predicted molar refractivity (Wildman–Crippen MR) is 107 cm³/mol. The van der Waals surface area contributed by atoms with Crippen LogP contribution in [0.25, 0.3) is 33.4 Å². The Bertz CT molecular complexity index is 1450. The lowest BCUT2D eigenvalue weighted by Crippen LogP contribution is -2.32. The summed E-state index contributed by atoms with van der Waals surface area (Å²) in [6, 6.07) is 9.52. The molecule has 6 rings (SSSR count). The summed E-state index contributed by atoms with van der Waals surface area (Å²) < 4.78 is 8.34. The molecule has 8 heteroatoms. The SMILES string of the molecule is Cn1cc(-c2c3c(nc4ccccc24)-c2cc4c(c(=O)n2C3)COC(=O)C4O)cn1. The summed E-state index contributed by atoms with van der Waals surface area (Å²) in [5.41, 5.74) is 5.26. The van der Waals surface area contributed by atoms with E-state index in [1.165, 1.54) is 0 Å². The van der Waals surface area contributed by atoms with Crippen molar-refractivity contribution in [3.63, 3.8) is 0 Å². The van der Waals surface area contributed by atoms with Gasteiger partial charge >= 0.3 is 5.97 Å². The van der Waals surface area contributed by atoms with E-state index in [1.807, 2.05) is 37.5 Å². The van der Waals surface area contributed by atoms with E-state index in [1.54, 1.807) is 21.5 Å². The Hall–Kier alpha value is -3.78. The number of aryl methyl sites for hydroxylation is 1. The fourth-order valence-corrected chi connectivity index (χ4v) is 4.45. The molecule has 30 heavy (non-hydrogen) atoms. The van der Waals surface area contributed by atoms with Crippen LogP contribution in [0.1, 0.15) is 22.8 Å². The number of hydrogen-bond acceptors (Lipinski definition) is 6. The number of rotatable bonds is 1. The monoisotopic (exact) mass is 400 g/mol. The lowest BCUT2D eigenvalue weighted by atomic mass is 9.96. The lowest BCUT2D eigenvalue weighted by Gasteiger charge is -2.21. The maximum atomic E-state index is 13.2. The number of para-hydroxylation sites is 1. The molecule has 0 aliphatic carbocycles. The molecule has 0 saturated heterocycles. The Kier molecular flexibility index (Phi) is 3.35. The first-order chi connectivity index (χ1) is 14.5. The van der Waals surface area contributed by atoms with Crippen molar-refractivity contribution in [2.24, 2.45) is 7.05 Å². The number of fused-ring (bicyclic) bond motifs is 5. The summed E-state index contributed by atoms with van der Waals surface area (Å²) in [5.74, 6) is -0.743. The standard InChI is InChI=1S/C22H16N4O4/c1-25-8-11(7-23-25)18-12-4-2-3-5-16(12)24-19-14(18)9-26-17(19)6-13-15(21(26)28)10-30-22(29)20(13)27/h2-8,20,27H,9-10H2,1H3. The molecule has 8 nitrogen and oxygen atoms in total. The summed E-state index contributed by atoms with van der Waals surface area (Å²) in [7, 11) is 1.86. The number of benzene rings is 1. The van der Waals surface area contributed by atoms with Gasteiger partial charge in [-0.15, -0.1) is 0 Å². The smallest absolute Gasteiger partial charge is 0.340 e. The predicted octanol–water partition coefficient (Wildman–Crippen LogP) is 1.92. The van der Waals surface area contributed by atoms with Gasteiger partial charge in [0, 0.05) is 40.9 Å². The maximum absolute atomic E-state index is 13.2. The van der Waals surface area contributed by atoms with E-state index in [0.29, 0.717) is 29.1 Å². The molecule has 148 valence electrons. The van der Waals surface area contributed by atoms with Crippen molar-refractivity contribution in [2.45, 2.75) is 19.3 Å². The first-order valence-electron chi connectivity index (χ1n) is 9.55. The summed E-state index contributed by atoms with van der Waals surface area (Å²) in [6.45, 7) is 0.217. The van der Waals surface area contributed by atoms with Crippen LogP contribution in [0.2, 0.25) is 0 Å². The second-order valence-electron chi connectivity index (χ2n) is 7.60. The van der Waals surface area contributed by atoms with Crippen molar-refractivity contribution < 1.29 is 14.6 Å². The molecule has 0 saturated carbocycles. The average molecular weight is 400 g/mol. The third-order valence-corrected chi connectivity index (χ3v) is 5.86. The number of ether oxygens (including phenoxy) is 1. The topological polar surface area (TPSA) is 99.2 Å². The molecule has 1 N–H and O–H groups in total. The fraction of sp³-hybridized carbons (Fsp3) is 0.182. The Morgan fingerprint density at radius 1 is 1.20 bits per heavy atom. The minimum absolute atomic E-state index is 0.133. The highest BCUT2D eigenvalue weighted by molar-refractivity contribution is 5.99. The number of cyclic esters (lactones) is 1. The van der Waals surface area contributed by atoms with Crippen LogP contribution in [-0.2, 0) is 29.7 Å². The number of carbonyl (C=O) groups excluding carboxylic acids is 1. The number of aliphatic hydroxyl groups excluding tert-OH is 1. The molecule has 1 unspecified atom stereocenters. The van der Waals surface area contributed by atoms with E-state index in [-0.39, 0.29) is 12.2 Å². The number of aromatic nitrogens is 4. The summed E-state index contributed by atoms with van der Waals surface area (Å²) in [5, 5.41) is 15.6. The molecule has 0 amide bonds. The second kappa shape index (κ2) is 5.87. The van der Waals surface area contributed by atoms with Gasteiger partial charge in [-0.1, -0.05) is 18.2 Å². The highest BCUT2D eigenvalue weighted by atomic mass is 16.5. The number of esters is 1. The molecule has 0 radical (unpaired) electrons. The van der Waals surface area contributed by atoms with Crippen molar-refractivity contribution >= 4 is 16.9 Å². The van der Waals surface area contributed by atoms with Crippen LogP contribution in [0.15, 0.2) is 47.5 Å². The molecule has 1 aromatic carbocycles. The zero-order valence-electron chi connectivity index (χ0n) is 16.0. The average Bonchev–Trinajstić information content (AvgIpc) is 3.33. The lowest BCUT2D eigenvalue weighted by molar-refractivity contribution is -0.157. The van der Waals surface area contributed by atoms with Gasteiger partial charge in [-0.05, 0) is 12.1 Å². The number of aliphatic hydroxyl groups is 1. The molecule has 4 aromatic rings. The Labute approximate surface area is 170 Å². The molecular formula is C22H16N4O4. The number of carbonyl (C=O) groups is 1. The van der Waals surface area contributed by atoms with Crippen LogP contribution in [0.4, 0.5) is 0 Å². The quantitative estimate of drug-likeness (QED) is 0.432. The van der Waals surface area contributed by atoms with Crippen molar-refractivity contribution in [3.05, 3.63) is 69.8 Å². The normalized spacial score (nSPS) is 16.9. The van der Waals surface area contributed by atoms with Gasteiger partial charge in [0.1, 0.15) is 6.61 Å². The highest BCUT2D eigenvalue weighted by Gasteiger charge is 2.34. The largest absolute Gasteiger partial charge is 0.458 e. The Balaban J connectivity index is 1.69. The van der Waals surface area contributed by atoms with Crippen molar-refractivity contribution in [3.8, 4) is 22.5 Å². The van der Waals surface area contributed by atoms with Crippen molar-refractivity contribution in [2.75, 3.05) is 0 Å². The number of nitrogens with zero attached hydrogens (tertiary/aromatic N) is 4. The minimum atomic E-state index is -1.46. The van der Waals surface area contributed by atoms with Crippen LogP contribution in [0, 0.1) is 0 Å². The number of pyridine rings is 2. The van der Waals surface area contributed by atoms with Crippen LogP contribution < -0.4 is 5.56 Å². The van der Waals surface area contributed by atoms with E-state index in [2.05, 4.69) is 5.10 Å². The Morgan fingerprint density at radius 2 is 2.03 bits per heavy atom. The van der Waals surface area contributed by atoms with Crippen LogP contribution in [0.3, 0.4) is 0 Å². The van der Waals surface area contributed by atoms with Crippen LogP contribution in [-0.4, -0.2) is 30.4 Å².